The molecule has 0 aromatic heterocycles. The van der Waals surface area contributed by atoms with E-state index in [1.165, 1.54) is 0 Å². The summed E-state index contributed by atoms with van der Waals surface area (Å²) in [5, 5.41) is 13.4. The molecule has 1 aromatic carbocycles. The molecular weight excluding hydrogens is 280 g/mol. The van der Waals surface area contributed by atoms with Crippen LogP contribution < -0.4 is 10.1 Å². The first kappa shape index (κ1) is 15.1. The molecule has 1 saturated heterocycles. The van der Waals surface area contributed by atoms with Gasteiger partial charge >= 0.3 is 0 Å². The van der Waals surface area contributed by atoms with Crippen LogP contribution in [0.2, 0.25) is 5.02 Å². The van der Waals surface area contributed by atoms with Gasteiger partial charge in [-0.1, -0.05) is 17.7 Å². The van der Waals surface area contributed by atoms with Gasteiger partial charge in [0.1, 0.15) is 5.75 Å². The van der Waals surface area contributed by atoms with Crippen LogP contribution in [-0.2, 0) is 4.79 Å². The summed E-state index contributed by atoms with van der Waals surface area (Å²) in [5.41, 5.74) is 0. The minimum absolute atomic E-state index is 0.169. The zero-order valence-corrected chi connectivity index (χ0v) is 12.3. The highest BCUT2D eigenvalue weighted by Crippen LogP contribution is 2.19. The van der Waals surface area contributed by atoms with E-state index in [-0.39, 0.29) is 11.9 Å². The van der Waals surface area contributed by atoms with E-state index in [0.717, 1.165) is 0 Å². The molecule has 20 heavy (non-hydrogen) atoms. The van der Waals surface area contributed by atoms with Crippen LogP contribution in [0.15, 0.2) is 24.3 Å². The lowest BCUT2D eigenvalue weighted by molar-refractivity contribution is -0.140. The summed E-state index contributed by atoms with van der Waals surface area (Å²) in [6.45, 7) is 2.79. The van der Waals surface area contributed by atoms with Crippen LogP contribution in [0.1, 0.15) is 6.92 Å². The lowest BCUT2D eigenvalue weighted by Gasteiger charge is -2.29. The van der Waals surface area contributed by atoms with Crippen molar-refractivity contribution in [1.82, 2.24) is 10.2 Å². The Morgan fingerprint density at radius 3 is 2.90 bits per heavy atom. The van der Waals surface area contributed by atoms with Crippen molar-refractivity contribution in [3.8, 4) is 5.75 Å². The smallest absolute Gasteiger partial charge is 0.263 e. The molecule has 110 valence electrons. The van der Waals surface area contributed by atoms with Crippen LogP contribution in [0.4, 0.5) is 0 Å². The molecular formula is C14H19ClN2O3. The quantitative estimate of drug-likeness (QED) is 0.867. The van der Waals surface area contributed by atoms with Crippen LogP contribution in [-0.4, -0.2) is 54.3 Å². The molecule has 1 amide bonds. The van der Waals surface area contributed by atoms with Gasteiger partial charge in [-0.05, 0) is 25.1 Å². The first-order valence-corrected chi connectivity index (χ1v) is 6.94. The number of likely N-dealkylation sites (N-methyl/N-ethyl adjacent to an activating group) is 1. The molecule has 0 spiro atoms. The van der Waals surface area contributed by atoms with Gasteiger partial charge in [0.15, 0.2) is 6.10 Å². The highest BCUT2D eigenvalue weighted by molar-refractivity contribution is 6.30. The number of benzene rings is 1. The first-order chi connectivity index (χ1) is 9.49. The van der Waals surface area contributed by atoms with E-state index in [4.69, 9.17) is 16.3 Å². The molecule has 2 N–H and O–H groups in total. The number of rotatable bonds is 4. The number of ether oxygens (including phenoxy) is 1. The van der Waals surface area contributed by atoms with E-state index >= 15 is 0 Å². The molecule has 0 aliphatic carbocycles. The Kier molecular flexibility index (Phi) is 4.86. The topological polar surface area (TPSA) is 61.8 Å². The molecule has 1 fully saturated rings. The summed E-state index contributed by atoms with van der Waals surface area (Å²) in [4.78, 5) is 13.8. The fourth-order valence-electron chi connectivity index (χ4n) is 2.29. The second-order valence-electron chi connectivity index (χ2n) is 4.96. The summed E-state index contributed by atoms with van der Waals surface area (Å²) in [5.74, 6) is 0.384. The number of hydrogen-bond acceptors (Lipinski definition) is 4. The van der Waals surface area contributed by atoms with Gasteiger partial charge < -0.3 is 20.1 Å². The van der Waals surface area contributed by atoms with Gasteiger partial charge in [-0.2, -0.15) is 0 Å². The van der Waals surface area contributed by atoms with Crippen molar-refractivity contribution in [1.29, 1.82) is 0 Å². The molecule has 2 rings (SSSR count). The Balaban J connectivity index is 1.97. The number of nitrogens with zero attached hydrogens (tertiary/aromatic N) is 1. The Bertz CT molecular complexity index is 483. The molecule has 1 aromatic rings. The minimum Gasteiger partial charge on any atom is -0.481 e. The van der Waals surface area contributed by atoms with Crippen molar-refractivity contribution in [2.45, 2.75) is 25.2 Å². The van der Waals surface area contributed by atoms with Crippen molar-refractivity contribution in [3.05, 3.63) is 29.3 Å². The largest absolute Gasteiger partial charge is 0.481 e. The molecule has 1 aliphatic heterocycles. The standard InChI is InChI=1S/C14H19ClN2O3/c1-9(20-11-5-3-4-10(15)6-11)14(19)17(2)12-7-16-8-13(12)18/h3-6,9,12-13,16,18H,7-8H2,1-2H3/t9?,12-,13-/m0/s1. The molecule has 1 heterocycles. The molecule has 3 atom stereocenters. The average Bonchev–Trinajstić information content (AvgIpc) is 2.83. The van der Waals surface area contributed by atoms with Crippen LogP contribution in [0, 0.1) is 0 Å². The maximum absolute atomic E-state index is 12.3. The maximum atomic E-state index is 12.3. The number of hydrogen-bond donors (Lipinski definition) is 2. The van der Waals surface area contributed by atoms with E-state index in [1.807, 2.05) is 0 Å². The summed E-state index contributed by atoms with van der Waals surface area (Å²) >= 11 is 5.88. The predicted molar refractivity (Wildman–Crippen MR) is 77.0 cm³/mol. The Labute approximate surface area is 123 Å². The predicted octanol–water partition coefficient (Wildman–Crippen LogP) is 0.898. The van der Waals surface area contributed by atoms with Crippen LogP contribution in [0.25, 0.3) is 0 Å². The Hall–Kier alpha value is -1.30. The molecule has 5 nitrogen and oxygen atoms in total. The minimum atomic E-state index is -0.633. The second-order valence-corrected chi connectivity index (χ2v) is 5.40. The summed E-state index contributed by atoms with van der Waals surface area (Å²) in [6, 6.07) is 6.71. The van der Waals surface area contributed by atoms with Crippen molar-refractivity contribution in [2.75, 3.05) is 20.1 Å². The van der Waals surface area contributed by atoms with E-state index in [1.54, 1.807) is 43.1 Å². The molecule has 1 unspecified atom stereocenters. The molecule has 1 aliphatic rings. The van der Waals surface area contributed by atoms with Crippen LogP contribution >= 0.6 is 11.6 Å². The van der Waals surface area contributed by atoms with Gasteiger partial charge in [0.05, 0.1) is 12.1 Å². The zero-order valence-electron chi connectivity index (χ0n) is 11.5. The molecule has 0 saturated carbocycles. The van der Waals surface area contributed by atoms with Crippen LogP contribution in [0.5, 0.6) is 5.75 Å². The van der Waals surface area contributed by atoms with E-state index in [9.17, 15) is 9.90 Å². The Morgan fingerprint density at radius 2 is 2.30 bits per heavy atom. The van der Waals surface area contributed by atoms with Gasteiger partial charge in [0.2, 0.25) is 0 Å². The van der Waals surface area contributed by atoms with Gasteiger partial charge in [-0.15, -0.1) is 0 Å². The SMILES string of the molecule is CC(Oc1cccc(Cl)c1)C(=O)N(C)[C@H]1CNC[C@@H]1O. The fourth-order valence-corrected chi connectivity index (χ4v) is 2.47. The third-order valence-corrected chi connectivity index (χ3v) is 3.69. The van der Waals surface area contributed by atoms with Crippen molar-refractivity contribution < 1.29 is 14.6 Å². The van der Waals surface area contributed by atoms with Crippen molar-refractivity contribution in [3.63, 3.8) is 0 Å². The third-order valence-electron chi connectivity index (χ3n) is 3.45. The summed E-state index contributed by atoms with van der Waals surface area (Å²) < 4.78 is 5.60. The van der Waals surface area contributed by atoms with E-state index in [0.29, 0.717) is 23.9 Å². The van der Waals surface area contributed by atoms with E-state index < -0.39 is 12.2 Å². The number of amides is 1. The zero-order chi connectivity index (χ0) is 14.7. The maximum Gasteiger partial charge on any atom is 0.263 e. The monoisotopic (exact) mass is 298 g/mol. The number of aliphatic hydroxyl groups is 1. The van der Waals surface area contributed by atoms with Gasteiger partial charge in [0.25, 0.3) is 5.91 Å². The molecule has 0 bridgehead atoms. The number of carbonyl (C=O) groups is 1. The lowest BCUT2D eigenvalue weighted by atomic mass is 10.1. The highest BCUT2D eigenvalue weighted by atomic mass is 35.5. The lowest BCUT2D eigenvalue weighted by Crippen LogP contribution is -2.48. The van der Waals surface area contributed by atoms with Gasteiger partial charge in [0, 0.05) is 25.2 Å². The number of nitrogens with one attached hydrogen (secondary N) is 1. The first-order valence-electron chi connectivity index (χ1n) is 6.56. The summed E-state index contributed by atoms with van der Waals surface area (Å²) in [7, 11) is 1.68. The average molecular weight is 299 g/mol. The van der Waals surface area contributed by atoms with Crippen molar-refractivity contribution in [2.24, 2.45) is 0 Å². The van der Waals surface area contributed by atoms with Gasteiger partial charge in [-0.25, -0.2) is 0 Å². The second kappa shape index (κ2) is 6.43. The Morgan fingerprint density at radius 1 is 1.55 bits per heavy atom. The summed E-state index contributed by atoms with van der Waals surface area (Å²) in [6.07, 6.45) is -1.17. The van der Waals surface area contributed by atoms with Crippen LogP contribution in [0.3, 0.4) is 0 Å². The molecule has 6 heteroatoms. The molecule has 0 radical (unpaired) electrons. The number of carbonyl (C=O) groups excluding carboxylic acids is 1. The highest BCUT2D eigenvalue weighted by Gasteiger charge is 2.33. The third kappa shape index (κ3) is 3.42. The number of aliphatic hydroxyl groups excluding tert-OH is 1. The number of halogens is 1. The van der Waals surface area contributed by atoms with Crippen molar-refractivity contribution >= 4 is 17.5 Å². The van der Waals surface area contributed by atoms with E-state index in [2.05, 4.69) is 5.32 Å². The normalized spacial score (nSPS) is 23.4. The number of β-amino-alcohol motifs (C(OH)–C–C–N with tert-alkyl or cyclic N) is 1. The van der Waals surface area contributed by atoms with Gasteiger partial charge in [-0.3, -0.25) is 4.79 Å². The fraction of sp³-hybridized carbons (Fsp3) is 0.500.